The van der Waals surface area contributed by atoms with Gasteiger partial charge in [0, 0.05) is 17.5 Å². The van der Waals surface area contributed by atoms with E-state index >= 15 is 0 Å². The van der Waals surface area contributed by atoms with Crippen molar-refractivity contribution in [2.24, 2.45) is 0 Å². The van der Waals surface area contributed by atoms with Gasteiger partial charge in [0.15, 0.2) is 0 Å². The number of halogens is 2. The number of hydrogen-bond donors (Lipinski definition) is 0. The molecule has 102 valence electrons. The van der Waals surface area contributed by atoms with Crippen LogP contribution in [0.3, 0.4) is 0 Å². The maximum Gasteiger partial charge on any atom is 0.593 e. The molecule has 0 spiro atoms. The smallest absolute Gasteiger partial charge is 0.423 e. The van der Waals surface area contributed by atoms with Gasteiger partial charge in [-0.15, -0.1) is 0 Å². The quantitative estimate of drug-likeness (QED) is 0.635. The Morgan fingerprint density at radius 3 is 2.53 bits per heavy atom. The summed E-state index contributed by atoms with van der Waals surface area (Å²) in [7, 11) is -4.96. The van der Waals surface area contributed by atoms with E-state index in [-0.39, 0.29) is 11.3 Å². The molecule has 0 unspecified atom stereocenters. The largest absolute Gasteiger partial charge is 0.593 e. The highest BCUT2D eigenvalue weighted by Crippen LogP contribution is 2.50. The summed E-state index contributed by atoms with van der Waals surface area (Å²) in [5.41, 5.74) is 0.144. The first-order valence-electron chi connectivity index (χ1n) is 4.92. The Hall–Kier alpha value is -1.76. The molecule has 0 amide bonds. The molecule has 2 rings (SSSR count). The van der Waals surface area contributed by atoms with Gasteiger partial charge >= 0.3 is 13.4 Å². The van der Waals surface area contributed by atoms with E-state index in [9.17, 15) is 18.4 Å². The van der Waals surface area contributed by atoms with Crippen LogP contribution in [0.2, 0.25) is 0 Å². The molecule has 0 N–H and O–H groups in total. The molecule has 19 heavy (non-hydrogen) atoms. The highest BCUT2D eigenvalue weighted by Gasteiger charge is 2.32. The van der Waals surface area contributed by atoms with Crippen LogP contribution in [-0.4, -0.2) is 0 Å². The molecule has 0 aliphatic heterocycles. The molecule has 0 bridgehead atoms. The van der Waals surface area contributed by atoms with E-state index in [0.29, 0.717) is 10.9 Å². The first kappa shape index (κ1) is 13.7. The third-order valence-electron chi connectivity index (χ3n) is 2.31. The Bertz CT molecular complexity index is 705. The summed E-state index contributed by atoms with van der Waals surface area (Å²) >= 11 is 0. The first-order chi connectivity index (χ1) is 8.97. The number of benzene rings is 1. The minimum atomic E-state index is -4.96. The minimum absolute atomic E-state index is 0.103. The average Bonchev–Trinajstić information content (AvgIpc) is 2.38. The summed E-state index contributed by atoms with van der Waals surface area (Å²) in [6.07, 6.45) is 0. The average molecular weight is 292 g/mol. The van der Waals surface area contributed by atoms with E-state index in [2.05, 4.69) is 14.0 Å². The molecule has 0 aliphatic carbocycles. The van der Waals surface area contributed by atoms with Crippen LogP contribution < -0.4 is 10.1 Å². The lowest BCUT2D eigenvalue weighted by atomic mass is 10.1. The summed E-state index contributed by atoms with van der Waals surface area (Å²) in [4.78, 5) is 11.2. The molecular weight excluding hydrogens is 285 g/mol. The molecule has 0 atom stereocenters. The molecule has 9 heteroatoms. The Balaban J connectivity index is 2.48. The van der Waals surface area contributed by atoms with Crippen LogP contribution >= 0.6 is 7.82 Å². The monoisotopic (exact) mass is 292 g/mol. The van der Waals surface area contributed by atoms with E-state index in [0.717, 1.165) is 6.07 Å². The van der Waals surface area contributed by atoms with Crippen molar-refractivity contribution < 1.29 is 32.0 Å². The topological polar surface area (TPSA) is 75.0 Å². The van der Waals surface area contributed by atoms with Gasteiger partial charge in [-0.05, 0) is 33.7 Å². The molecule has 1 heterocycles. The second-order valence-electron chi connectivity index (χ2n) is 3.58. The second kappa shape index (κ2) is 5.08. The fraction of sp³-hybridized carbons (Fsp3) is 0.100. The Kier molecular flexibility index (Phi) is 3.66. The summed E-state index contributed by atoms with van der Waals surface area (Å²) in [5.74, 6) is -0.250. The molecule has 1 aromatic heterocycles. The fourth-order valence-electron chi connectivity index (χ4n) is 1.53. The molecule has 2 aromatic rings. The van der Waals surface area contributed by atoms with Crippen molar-refractivity contribution in [3.63, 3.8) is 0 Å². The van der Waals surface area contributed by atoms with E-state index in [1.807, 2.05) is 0 Å². The lowest BCUT2D eigenvalue weighted by Crippen LogP contribution is -1.98. The zero-order chi connectivity index (χ0) is 14.0. The molecule has 0 fully saturated rings. The lowest BCUT2D eigenvalue weighted by Gasteiger charge is -2.09. The number of rotatable bonds is 4. The second-order valence-corrected chi connectivity index (χ2v) is 4.94. The highest BCUT2D eigenvalue weighted by atomic mass is 31.2. The van der Waals surface area contributed by atoms with E-state index < -0.39 is 13.4 Å². The Morgan fingerprint density at radius 2 is 1.89 bits per heavy atom. The van der Waals surface area contributed by atoms with Crippen LogP contribution in [0, 0.1) is 6.92 Å². The van der Waals surface area contributed by atoms with Gasteiger partial charge in [0.1, 0.15) is 11.3 Å². The Labute approximate surface area is 104 Å². The summed E-state index contributed by atoms with van der Waals surface area (Å²) in [6, 6.07) is 5.14. The summed E-state index contributed by atoms with van der Waals surface area (Å²) < 4.78 is 49.6. The standard InChI is InChI=1S/C10H7F2O6P/c1-6-4-10(13)15-9-5-7(2-3-8(6)9)16-19(14,17-11)18-12/h2-5H,1H3. The SMILES string of the molecule is Cc1cc(=O)oc2cc(OP(=O)(OF)OF)ccc12. The van der Waals surface area contributed by atoms with Crippen molar-refractivity contribution in [1.82, 2.24) is 0 Å². The van der Waals surface area contributed by atoms with Crippen LogP contribution in [0.4, 0.5) is 9.05 Å². The fourth-order valence-corrected chi connectivity index (χ4v) is 1.98. The molecule has 0 radical (unpaired) electrons. The van der Waals surface area contributed by atoms with Crippen LogP contribution in [0.5, 0.6) is 5.75 Å². The first-order valence-corrected chi connectivity index (χ1v) is 6.38. The number of phosphoric acid groups is 1. The van der Waals surface area contributed by atoms with Gasteiger partial charge in [-0.2, -0.15) is 0 Å². The number of hydrogen-bond acceptors (Lipinski definition) is 6. The van der Waals surface area contributed by atoms with Gasteiger partial charge in [0.2, 0.25) is 0 Å². The maximum absolute atomic E-state index is 11.8. The number of aryl methyl sites for hydroxylation is 1. The normalized spacial score (nSPS) is 11.7. The van der Waals surface area contributed by atoms with Crippen molar-refractivity contribution >= 4 is 18.8 Å². The van der Waals surface area contributed by atoms with Gasteiger partial charge in [-0.3, -0.25) is 0 Å². The molecule has 0 saturated heterocycles. The molecule has 1 aromatic carbocycles. The molecular formula is C10H7F2O6P. The van der Waals surface area contributed by atoms with Gasteiger partial charge in [0.05, 0.1) is 0 Å². The van der Waals surface area contributed by atoms with Gasteiger partial charge < -0.3 is 8.94 Å². The van der Waals surface area contributed by atoms with Gasteiger partial charge in [-0.1, -0.05) is 9.46 Å². The third kappa shape index (κ3) is 2.81. The van der Waals surface area contributed by atoms with Crippen molar-refractivity contribution in [3.8, 4) is 5.75 Å². The van der Waals surface area contributed by atoms with Crippen LogP contribution in [0.1, 0.15) is 5.56 Å². The van der Waals surface area contributed by atoms with E-state index in [4.69, 9.17) is 4.42 Å². The van der Waals surface area contributed by atoms with E-state index in [1.54, 1.807) is 6.92 Å². The highest BCUT2D eigenvalue weighted by molar-refractivity contribution is 7.48. The molecule has 0 aliphatic rings. The molecule has 6 nitrogen and oxygen atoms in total. The van der Waals surface area contributed by atoms with Gasteiger partial charge in [0.25, 0.3) is 0 Å². The van der Waals surface area contributed by atoms with Crippen molar-refractivity contribution in [1.29, 1.82) is 0 Å². The summed E-state index contributed by atoms with van der Waals surface area (Å²) in [5, 5.41) is 0.587. The van der Waals surface area contributed by atoms with Crippen molar-refractivity contribution in [3.05, 3.63) is 40.2 Å². The third-order valence-corrected chi connectivity index (χ3v) is 3.08. The maximum atomic E-state index is 11.8. The lowest BCUT2D eigenvalue weighted by molar-refractivity contribution is -0.107. The van der Waals surface area contributed by atoms with Crippen molar-refractivity contribution in [2.45, 2.75) is 6.92 Å². The van der Waals surface area contributed by atoms with Gasteiger partial charge in [-0.25, -0.2) is 9.36 Å². The van der Waals surface area contributed by atoms with Crippen LogP contribution in [0.25, 0.3) is 11.0 Å². The van der Waals surface area contributed by atoms with Crippen LogP contribution in [0.15, 0.2) is 33.5 Å². The predicted octanol–water partition coefficient (Wildman–Crippen LogP) is 3.39. The zero-order valence-corrected chi connectivity index (χ0v) is 10.4. The zero-order valence-electron chi connectivity index (χ0n) is 9.46. The van der Waals surface area contributed by atoms with E-state index in [1.165, 1.54) is 18.2 Å². The minimum Gasteiger partial charge on any atom is -0.423 e. The molecule has 0 saturated carbocycles. The Morgan fingerprint density at radius 1 is 1.21 bits per heavy atom. The predicted molar refractivity (Wildman–Crippen MR) is 59.8 cm³/mol. The number of fused-ring (bicyclic) bond motifs is 1. The van der Waals surface area contributed by atoms with Crippen molar-refractivity contribution in [2.75, 3.05) is 0 Å². The summed E-state index contributed by atoms with van der Waals surface area (Å²) in [6.45, 7) is 1.68. The van der Waals surface area contributed by atoms with Crippen LogP contribution in [-0.2, 0) is 14.0 Å².